The Kier molecular flexibility index (Phi) is 3.00. The van der Waals surface area contributed by atoms with E-state index >= 15 is 0 Å². The summed E-state index contributed by atoms with van der Waals surface area (Å²) in [5, 5.41) is 4.19. The van der Waals surface area contributed by atoms with Crippen molar-refractivity contribution in [3.63, 3.8) is 0 Å². The molecule has 2 heterocycles. The lowest BCUT2D eigenvalue weighted by atomic mass is 10.2. The van der Waals surface area contributed by atoms with Crippen molar-refractivity contribution in [1.29, 1.82) is 0 Å². The summed E-state index contributed by atoms with van der Waals surface area (Å²) in [6, 6.07) is 0. The first-order valence-electron chi connectivity index (χ1n) is 5.06. The van der Waals surface area contributed by atoms with Gasteiger partial charge in [0.2, 0.25) is 0 Å². The van der Waals surface area contributed by atoms with Gasteiger partial charge < -0.3 is 4.90 Å². The van der Waals surface area contributed by atoms with Crippen molar-refractivity contribution < 1.29 is 4.79 Å². The Bertz CT molecular complexity index is 369. The fourth-order valence-electron chi connectivity index (χ4n) is 1.75. The molecule has 0 unspecified atom stereocenters. The topological polar surface area (TPSA) is 38.1 Å². The van der Waals surface area contributed by atoms with E-state index in [1.165, 1.54) is 0 Å². The van der Waals surface area contributed by atoms with E-state index in [0.29, 0.717) is 0 Å². The number of aryl methyl sites for hydroxylation is 2. The summed E-state index contributed by atoms with van der Waals surface area (Å²) in [4.78, 5) is 14.0. The average molecular weight is 225 g/mol. The summed E-state index contributed by atoms with van der Waals surface area (Å²) in [5.41, 5.74) is 1.56. The fraction of sp³-hybridized carbons (Fsp3) is 0.600. The first kappa shape index (κ1) is 10.5. The fourth-order valence-corrected chi connectivity index (χ4v) is 2.65. The van der Waals surface area contributed by atoms with Gasteiger partial charge in [0, 0.05) is 37.8 Å². The average Bonchev–Trinajstić information content (AvgIpc) is 2.58. The van der Waals surface area contributed by atoms with Crippen LogP contribution >= 0.6 is 11.8 Å². The molecule has 4 nitrogen and oxygen atoms in total. The first-order valence-corrected chi connectivity index (χ1v) is 6.21. The van der Waals surface area contributed by atoms with Gasteiger partial charge in [-0.1, -0.05) is 0 Å². The van der Waals surface area contributed by atoms with Crippen LogP contribution in [0.1, 0.15) is 16.1 Å². The van der Waals surface area contributed by atoms with Gasteiger partial charge >= 0.3 is 0 Å². The lowest BCUT2D eigenvalue weighted by Gasteiger charge is -2.26. The van der Waals surface area contributed by atoms with Gasteiger partial charge in [0.05, 0.1) is 11.3 Å². The standard InChI is InChI=1S/C10H15N3OS/c1-8-9(7-12(2)11-8)10(14)13-3-5-15-6-4-13/h7H,3-6H2,1-2H3. The lowest BCUT2D eigenvalue weighted by Crippen LogP contribution is -2.38. The van der Waals surface area contributed by atoms with E-state index in [0.717, 1.165) is 35.9 Å². The van der Waals surface area contributed by atoms with E-state index in [-0.39, 0.29) is 5.91 Å². The molecule has 5 heteroatoms. The number of carbonyl (C=O) groups is 1. The molecule has 0 bridgehead atoms. The van der Waals surface area contributed by atoms with Crippen LogP contribution in [0.25, 0.3) is 0 Å². The van der Waals surface area contributed by atoms with Gasteiger partial charge in [0.1, 0.15) is 0 Å². The maximum Gasteiger partial charge on any atom is 0.257 e. The predicted molar refractivity (Wildman–Crippen MR) is 61.2 cm³/mol. The molecule has 1 saturated heterocycles. The maximum atomic E-state index is 12.1. The van der Waals surface area contributed by atoms with Gasteiger partial charge in [-0.2, -0.15) is 16.9 Å². The Morgan fingerprint density at radius 2 is 2.13 bits per heavy atom. The van der Waals surface area contributed by atoms with E-state index in [2.05, 4.69) is 5.10 Å². The lowest BCUT2D eigenvalue weighted by molar-refractivity contribution is 0.0771. The summed E-state index contributed by atoms with van der Waals surface area (Å²) in [6.45, 7) is 3.60. The quantitative estimate of drug-likeness (QED) is 0.713. The van der Waals surface area contributed by atoms with Crippen LogP contribution in [0.3, 0.4) is 0 Å². The number of hydrogen-bond donors (Lipinski definition) is 0. The van der Waals surface area contributed by atoms with Gasteiger partial charge in [-0.3, -0.25) is 9.48 Å². The number of amides is 1. The molecule has 1 fully saturated rings. The van der Waals surface area contributed by atoms with Crippen molar-refractivity contribution in [3.8, 4) is 0 Å². The predicted octanol–water partition coefficient (Wildman–Crippen LogP) is 0.918. The van der Waals surface area contributed by atoms with Crippen LogP contribution in [0.2, 0.25) is 0 Å². The molecule has 2 rings (SSSR count). The smallest absolute Gasteiger partial charge is 0.257 e. The van der Waals surface area contributed by atoms with Crippen LogP contribution in [0, 0.1) is 6.92 Å². The Balaban J connectivity index is 2.16. The number of hydrogen-bond acceptors (Lipinski definition) is 3. The second-order valence-corrected chi connectivity index (χ2v) is 4.93. The number of nitrogens with zero attached hydrogens (tertiary/aromatic N) is 3. The van der Waals surface area contributed by atoms with Crippen molar-refractivity contribution in [2.24, 2.45) is 7.05 Å². The summed E-state index contributed by atoms with van der Waals surface area (Å²) in [6.07, 6.45) is 1.80. The highest BCUT2D eigenvalue weighted by Crippen LogP contribution is 2.14. The minimum absolute atomic E-state index is 0.126. The molecule has 0 spiro atoms. The number of rotatable bonds is 1. The van der Waals surface area contributed by atoms with Crippen molar-refractivity contribution in [2.45, 2.75) is 6.92 Å². The monoisotopic (exact) mass is 225 g/mol. The normalized spacial score (nSPS) is 16.8. The van der Waals surface area contributed by atoms with Crippen LogP contribution in [0.5, 0.6) is 0 Å². The summed E-state index contributed by atoms with van der Waals surface area (Å²) in [7, 11) is 1.84. The molecule has 0 aliphatic carbocycles. The molecule has 1 amide bonds. The molecule has 0 N–H and O–H groups in total. The third-order valence-corrected chi connectivity index (χ3v) is 3.48. The van der Waals surface area contributed by atoms with E-state index in [9.17, 15) is 4.79 Å². The molecule has 0 radical (unpaired) electrons. The van der Waals surface area contributed by atoms with Crippen molar-refractivity contribution in [2.75, 3.05) is 24.6 Å². The highest BCUT2D eigenvalue weighted by atomic mass is 32.2. The number of carbonyl (C=O) groups excluding carboxylic acids is 1. The Hall–Kier alpha value is -0.970. The molecule has 0 atom stereocenters. The van der Waals surface area contributed by atoms with Gasteiger partial charge in [-0.15, -0.1) is 0 Å². The van der Waals surface area contributed by atoms with Crippen LogP contribution in [-0.2, 0) is 7.05 Å². The van der Waals surface area contributed by atoms with E-state index < -0.39 is 0 Å². The van der Waals surface area contributed by atoms with Crippen LogP contribution < -0.4 is 0 Å². The van der Waals surface area contributed by atoms with Crippen molar-refractivity contribution in [3.05, 3.63) is 17.5 Å². The molecular weight excluding hydrogens is 210 g/mol. The Morgan fingerprint density at radius 3 is 2.67 bits per heavy atom. The highest BCUT2D eigenvalue weighted by molar-refractivity contribution is 7.99. The minimum Gasteiger partial charge on any atom is -0.337 e. The molecular formula is C10H15N3OS. The van der Waals surface area contributed by atoms with Crippen LogP contribution in [0.4, 0.5) is 0 Å². The zero-order valence-electron chi connectivity index (χ0n) is 9.06. The molecule has 0 aromatic carbocycles. The number of thioether (sulfide) groups is 1. The highest BCUT2D eigenvalue weighted by Gasteiger charge is 2.21. The molecule has 1 aliphatic rings. The van der Waals surface area contributed by atoms with Gasteiger partial charge in [-0.05, 0) is 6.92 Å². The third kappa shape index (κ3) is 2.17. The third-order valence-electron chi connectivity index (χ3n) is 2.54. The Labute approximate surface area is 93.6 Å². The second-order valence-electron chi connectivity index (χ2n) is 3.71. The molecule has 1 aliphatic heterocycles. The van der Waals surface area contributed by atoms with Gasteiger partial charge in [0.25, 0.3) is 5.91 Å². The molecule has 1 aromatic rings. The van der Waals surface area contributed by atoms with Gasteiger partial charge in [-0.25, -0.2) is 0 Å². The zero-order chi connectivity index (χ0) is 10.8. The van der Waals surface area contributed by atoms with Crippen molar-refractivity contribution >= 4 is 17.7 Å². The first-order chi connectivity index (χ1) is 7.18. The van der Waals surface area contributed by atoms with E-state index in [1.54, 1.807) is 10.9 Å². The molecule has 82 valence electrons. The second kappa shape index (κ2) is 4.26. The zero-order valence-corrected chi connectivity index (χ0v) is 9.88. The largest absolute Gasteiger partial charge is 0.337 e. The minimum atomic E-state index is 0.126. The SMILES string of the molecule is Cc1nn(C)cc1C(=O)N1CCSCC1. The Morgan fingerprint density at radius 1 is 1.47 bits per heavy atom. The van der Waals surface area contributed by atoms with E-state index in [1.807, 2.05) is 30.6 Å². The summed E-state index contributed by atoms with van der Waals surface area (Å²) < 4.78 is 1.70. The van der Waals surface area contributed by atoms with Crippen LogP contribution in [-0.4, -0.2) is 45.2 Å². The number of aromatic nitrogens is 2. The molecule has 1 aromatic heterocycles. The van der Waals surface area contributed by atoms with E-state index in [4.69, 9.17) is 0 Å². The van der Waals surface area contributed by atoms with Crippen LogP contribution in [0.15, 0.2) is 6.20 Å². The summed E-state index contributed by atoms with van der Waals surface area (Å²) in [5.74, 6) is 2.22. The molecule has 15 heavy (non-hydrogen) atoms. The van der Waals surface area contributed by atoms with Crippen molar-refractivity contribution in [1.82, 2.24) is 14.7 Å². The molecule has 0 saturated carbocycles. The summed E-state index contributed by atoms with van der Waals surface area (Å²) >= 11 is 1.91. The maximum absolute atomic E-state index is 12.1. The van der Waals surface area contributed by atoms with Gasteiger partial charge in [0.15, 0.2) is 0 Å².